The highest BCUT2D eigenvalue weighted by molar-refractivity contribution is 6.33. The molecule has 1 aliphatic heterocycles. The zero-order valence-electron chi connectivity index (χ0n) is 19.6. The Kier molecular flexibility index (Phi) is 8.90. The summed E-state index contributed by atoms with van der Waals surface area (Å²) in [4.78, 5) is 28.0. The number of nitrogens with zero attached hydrogens (tertiary/aromatic N) is 1. The molecule has 1 heterocycles. The van der Waals surface area contributed by atoms with Crippen molar-refractivity contribution in [3.63, 3.8) is 0 Å². The summed E-state index contributed by atoms with van der Waals surface area (Å²) in [7, 11) is 0. The molecule has 4 rings (SSSR count). The molecule has 0 bridgehead atoms. The van der Waals surface area contributed by atoms with E-state index in [1.54, 1.807) is 24.3 Å². The first-order chi connectivity index (χ1) is 17.1. The molecular weight excluding hydrogens is 462 g/mol. The van der Waals surface area contributed by atoms with Crippen LogP contribution in [0.4, 0.5) is 0 Å². The second-order valence-electron chi connectivity index (χ2n) is 8.60. The van der Waals surface area contributed by atoms with Gasteiger partial charge in [-0.2, -0.15) is 0 Å². The zero-order chi connectivity index (χ0) is 24.5. The highest BCUT2D eigenvalue weighted by Crippen LogP contribution is 2.20. The topological polar surface area (TPSA) is 70.7 Å². The summed E-state index contributed by atoms with van der Waals surface area (Å²) in [5, 5.41) is 6.32. The fourth-order valence-electron chi connectivity index (χ4n) is 4.06. The number of ether oxygens (including phenoxy) is 1. The second kappa shape index (κ2) is 12.5. The van der Waals surface area contributed by atoms with E-state index in [0.29, 0.717) is 17.1 Å². The van der Waals surface area contributed by atoms with Crippen LogP contribution in [-0.2, 0) is 22.6 Å². The molecule has 35 heavy (non-hydrogen) atoms. The van der Waals surface area contributed by atoms with Gasteiger partial charge in [-0.05, 0) is 28.8 Å². The third kappa shape index (κ3) is 7.39. The number of benzene rings is 3. The Morgan fingerprint density at radius 2 is 1.54 bits per heavy atom. The van der Waals surface area contributed by atoms with Crippen LogP contribution >= 0.6 is 11.6 Å². The van der Waals surface area contributed by atoms with Crippen molar-refractivity contribution in [2.45, 2.75) is 25.6 Å². The maximum absolute atomic E-state index is 12.8. The van der Waals surface area contributed by atoms with Crippen molar-refractivity contribution >= 4 is 23.4 Å². The molecule has 1 aliphatic rings. The Morgan fingerprint density at radius 1 is 0.886 bits per heavy atom. The summed E-state index contributed by atoms with van der Waals surface area (Å²) in [6, 6.07) is 24.2. The quantitative estimate of drug-likeness (QED) is 0.467. The summed E-state index contributed by atoms with van der Waals surface area (Å²) >= 11 is 6.19. The number of carbonyl (C=O) groups is 2. The van der Waals surface area contributed by atoms with Gasteiger partial charge in [0, 0.05) is 26.2 Å². The molecule has 0 unspecified atom stereocenters. The zero-order valence-corrected chi connectivity index (χ0v) is 20.3. The molecule has 0 spiro atoms. The van der Waals surface area contributed by atoms with Gasteiger partial charge in [-0.15, -0.1) is 0 Å². The molecule has 1 atom stereocenters. The molecule has 0 radical (unpaired) electrons. The van der Waals surface area contributed by atoms with Gasteiger partial charge in [-0.25, -0.2) is 0 Å². The van der Waals surface area contributed by atoms with Gasteiger partial charge in [-0.3, -0.25) is 14.5 Å². The normalized spacial score (nSPS) is 14.8. The van der Waals surface area contributed by atoms with Crippen LogP contribution in [0.5, 0.6) is 0 Å². The number of halogens is 1. The summed E-state index contributed by atoms with van der Waals surface area (Å²) in [5.74, 6) is -0.455. The van der Waals surface area contributed by atoms with Crippen molar-refractivity contribution in [2.24, 2.45) is 0 Å². The Balaban J connectivity index is 1.33. The van der Waals surface area contributed by atoms with Gasteiger partial charge in [0.1, 0.15) is 0 Å². The number of morpholine rings is 1. The van der Waals surface area contributed by atoms with Gasteiger partial charge in [0.15, 0.2) is 0 Å². The summed E-state index contributed by atoms with van der Waals surface area (Å²) in [6.07, 6.45) is 0.120. The van der Waals surface area contributed by atoms with Crippen molar-refractivity contribution in [1.29, 1.82) is 0 Å². The minimum Gasteiger partial charge on any atom is -0.379 e. The lowest BCUT2D eigenvalue weighted by Gasteiger charge is -2.26. The van der Waals surface area contributed by atoms with Crippen molar-refractivity contribution in [3.8, 4) is 0 Å². The van der Waals surface area contributed by atoms with Gasteiger partial charge in [0.05, 0.1) is 36.3 Å². The van der Waals surface area contributed by atoms with E-state index in [0.717, 1.165) is 44.0 Å². The molecule has 3 aromatic rings. The fraction of sp³-hybridized carbons (Fsp3) is 0.286. The van der Waals surface area contributed by atoms with Crippen LogP contribution in [-0.4, -0.2) is 43.0 Å². The van der Waals surface area contributed by atoms with Gasteiger partial charge in [0.2, 0.25) is 5.91 Å². The number of hydrogen-bond acceptors (Lipinski definition) is 4. The maximum atomic E-state index is 12.8. The smallest absolute Gasteiger partial charge is 0.253 e. The molecule has 1 saturated heterocycles. The van der Waals surface area contributed by atoms with Crippen LogP contribution in [0.25, 0.3) is 0 Å². The lowest BCUT2D eigenvalue weighted by atomic mass is 10.0. The third-order valence-electron chi connectivity index (χ3n) is 6.04. The maximum Gasteiger partial charge on any atom is 0.253 e. The molecule has 2 N–H and O–H groups in total. The van der Waals surface area contributed by atoms with Gasteiger partial charge >= 0.3 is 0 Å². The van der Waals surface area contributed by atoms with E-state index in [2.05, 4.69) is 27.7 Å². The minimum atomic E-state index is -0.476. The lowest BCUT2D eigenvalue weighted by Crippen LogP contribution is -2.35. The molecule has 0 aliphatic carbocycles. The fourth-order valence-corrected chi connectivity index (χ4v) is 4.28. The highest BCUT2D eigenvalue weighted by atomic mass is 35.5. The van der Waals surface area contributed by atoms with Gasteiger partial charge in [-0.1, -0.05) is 78.3 Å². The average molecular weight is 492 g/mol. The summed E-state index contributed by atoms with van der Waals surface area (Å²) < 4.78 is 5.40. The minimum absolute atomic E-state index is 0.120. The Hall–Kier alpha value is -3.19. The Bertz CT molecular complexity index is 1120. The molecule has 1 fully saturated rings. The molecule has 182 valence electrons. The number of nitrogens with one attached hydrogen (secondary N) is 2. The lowest BCUT2D eigenvalue weighted by molar-refractivity contribution is -0.121. The Labute approximate surface area is 211 Å². The van der Waals surface area contributed by atoms with Crippen LogP contribution in [0.1, 0.15) is 39.5 Å². The molecule has 0 aromatic heterocycles. The number of carbonyl (C=O) groups excluding carboxylic acids is 2. The summed E-state index contributed by atoms with van der Waals surface area (Å²) in [6.45, 7) is 4.80. The van der Waals surface area contributed by atoms with E-state index in [4.69, 9.17) is 16.3 Å². The van der Waals surface area contributed by atoms with E-state index in [9.17, 15) is 9.59 Å². The van der Waals surface area contributed by atoms with Crippen molar-refractivity contribution in [3.05, 3.63) is 106 Å². The van der Waals surface area contributed by atoms with E-state index >= 15 is 0 Å². The molecule has 7 heteroatoms. The first kappa shape index (κ1) is 24.9. The van der Waals surface area contributed by atoms with Crippen LogP contribution < -0.4 is 10.6 Å². The number of amides is 2. The second-order valence-corrected chi connectivity index (χ2v) is 9.01. The average Bonchev–Trinajstić information content (AvgIpc) is 2.89. The van der Waals surface area contributed by atoms with E-state index in [1.807, 2.05) is 42.5 Å². The summed E-state index contributed by atoms with van der Waals surface area (Å²) in [5.41, 5.74) is 3.51. The number of rotatable bonds is 9. The van der Waals surface area contributed by atoms with Crippen LogP contribution in [0, 0.1) is 0 Å². The van der Waals surface area contributed by atoms with E-state index in [1.165, 1.54) is 5.56 Å². The van der Waals surface area contributed by atoms with Crippen molar-refractivity contribution in [1.82, 2.24) is 15.5 Å². The molecule has 0 saturated carbocycles. The molecule has 3 aromatic carbocycles. The van der Waals surface area contributed by atoms with Gasteiger partial charge < -0.3 is 15.4 Å². The van der Waals surface area contributed by atoms with Crippen LogP contribution in [0.3, 0.4) is 0 Å². The standard InChI is InChI=1S/C28H30ClN3O3/c29-25-9-5-4-8-24(25)28(34)31-26(23-6-2-1-3-7-23)18-27(33)30-19-21-10-12-22(13-11-21)20-32-14-16-35-17-15-32/h1-13,26H,14-20H2,(H,30,33)(H,31,34)/t26-/m1/s1. The van der Waals surface area contributed by atoms with Crippen LogP contribution in [0.15, 0.2) is 78.9 Å². The largest absolute Gasteiger partial charge is 0.379 e. The third-order valence-corrected chi connectivity index (χ3v) is 6.37. The van der Waals surface area contributed by atoms with Crippen molar-refractivity contribution < 1.29 is 14.3 Å². The molecular formula is C28H30ClN3O3. The molecule has 6 nitrogen and oxygen atoms in total. The predicted octanol–water partition coefficient (Wildman–Crippen LogP) is 4.35. The number of hydrogen-bond donors (Lipinski definition) is 2. The first-order valence-electron chi connectivity index (χ1n) is 11.8. The van der Waals surface area contributed by atoms with E-state index < -0.39 is 6.04 Å². The monoisotopic (exact) mass is 491 g/mol. The predicted molar refractivity (Wildman–Crippen MR) is 137 cm³/mol. The molecule has 2 amide bonds. The van der Waals surface area contributed by atoms with E-state index in [-0.39, 0.29) is 18.2 Å². The first-order valence-corrected chi connectivity index (χ1v) is 12.2. The van der Waals surface area contributed by atoms with Crippen molar-refractivity contribution in [2.75, 3.05) is 26.3 Å². The van der Waals surface area contributed by atoms with Gasteiger partial charge in [0.25, 0.3) is 5.91 Å². The Morgan fingerprint density at radius 3 is 2.26 bits per heavy atom. The highest BCUT2D eigenvalue weighted by Gasteiger charge is 2.20. The SMILES string of the molecule is O=C(C[C@@H](NC(=O)c1ccccc1Cl)c1ccccc1)NCc1ccc(CN2CCOCC2)cc1. The van der Waals surface area contributed by atoms with Crippen LogP contribution in [0.2, 0.25) is 5.02 Å².